The summed E-state index contributed by atoms with van der Waals surface area (Å²) in [5, 5.41) is 3.21. The zero-order chi connectivity index (χ0) is 13.7. The number of para-hydroxylation sites is 1. The molecular weight excluding hydrogens is 278 g/mol. The Morgan fingerprint density at radius 1 is 1.11 bits per heavy atom. The molecule has 0 aliphatic carbocycles. The number of anilines is 1. The first kappa shape index (κ1) is 14.0. The van der Waals surface area contributed by atoms with Crippen molar-refractivity contribution in [1.29, 1.82) is 0 Å². The Hall–Kier alpha value is -1.45. The maximum absolute atomic E-state index is 12.1. The summed E-state index contributed by atoms with van der Waals surface area (Å²) < 4.78 is 0. The zero-order valence-corrected chi connectivity index (χ0v) is 12.0. The molecule has 0 aromatic heterocycles. The van der Waals surface area contributed by atoms with Gasteiger partial charge in [0.2, 0.25) is 5.91 Å². The molecule has 0 saturated heterocycles. The van der Waals surface area contributed by atoms with Gasteiger partial charge in [-0.05, 0) is 31.2 Å². The van der Waals surface area contributed by atoms with E-state index < -0.39 is 0 Å². The molecule has 0 fully saturated rings. The third kappa shape index (κ3) is 4.01. The first-order valence-corrected chi connectivity index (χ1v) is 7.19. The minimum absolute atomic E-state index is 0.0537. The number of hydrogen-bond acceptors (Lipinski definition) is 2. The smallest absolute Gasteiger partial charge is 0.237 e. The van der Waals surface area contributed by atoms with Gasteiger partial charge < -0.3 is 5.32 Å². The molecule has 0 bridgehead atoms. The van der Waals surface area contributed by atoms with Gasteiger partial charge >= 0.3 is 0 Å². The van der Waals surface area contributed by atoms with E-state index in [1.54, 1.807) is 12.1 Å². The molecular formula is C15H14ClNOS. The van der Waals surface area contributed by atoms with Crippen LogP contribution in [0.4, 0.5) is 5.69 Å². The van der Waals surface area contributed by atoms with Crippen molar-refractivity contribution in [1.82, 2.24) is 0 Å². The number of carbonyl (C=O) groups is 1. The number of rotatable bonds is 4. The highest BCUT2D eigenvalue weighted by Crippen LogP contribution is 2.25. The lowest BCUT2D eigenvalue weighted by molar-refractivity contribution is -0.115. The van der Waals surface area contributed by atoms with Gasteiger partial charge in [-0.15, -0.1) is 11.8 Å². The van der Waals surface area contributed by atoms with E-state index >= 15 is 0 Å². The van der Waals surface area contributed by atoms with E-state index in [0.717, 1.165) is 4.90 Å². The number of carbonyl (C=O) groups excluding carboxylic acids is 1. The Kier molecular flexibility index (Phi) is 4.88. The third-order valence-corrected chi connectivity index (χ3v) is 4.00. The maximum atomic E-state index is 12.1. The first-order chi connectivity index (χ1) is 9.16. The van der Waals surface area contributed by atoms with Crippen molar-refractivity contribution in [2.45, 2.75) is 17.1 Å². The molecule has 2 nitrogen and oxygen atoms in total. The SMILES string of the molecule is C[C@H](Sc1ccccc1)C(=O)Nc1ccccc1Cl. The van der Waals surface area contributed by atoms with Gasteiger partial charge in [0.25, 0.3) is 0 Å². The summed E-state index contributed by atoms with van der Waals surface area (Å²) in [6.45, 7) is 1.88. The van der Waals surface area contributed by atoms with Crippen LogP contribution in [-0.2, 0) is 4.79 Å². The van der Waals surface area contributed by atoms with Crippen molar-refractivity contribution in [2.75, 3.05) is 5.32 Å². The summed E-state index contributed by atoms with van der Waals surface area (Å²) in [5.41, 5.74) is 0.648. The van der Waals surface area contributed by atoms with Crippen LogP contribution in [0.5, 0.6) is 0 Å². The topological polar surface area (TPSA) is 29.1 Å². The van der Waals surface area contributed by atoms with Crippen LogP contribution in [0.15, 0.2) is 59.5 Å². The lowest BCUT2D eigenvalue weighted by Gasteiger charge is -2.12. The van der Waals surface area contributed by atoms with E-state index in [9.17, 15) is 4.79 Å². The Bertz CT molecular complexity index is 559. The second-order valence-electron chi connectivity index (χ2n) is 4.04. The predicted octanol–water partition coefficient (Wildman–Crippen LogP) is 4.46. The van der Waals surface area contributed by atoms with Gasteiger partial charge in [-0.2, -0.15) is 0 Å². The Balaban J connectivity index is 1.99. The predicted molar refractivity (Wildman–Crippen MR) is 81.8 cm³/mol. The summed E-state index contributed by atoms with van der Waals surface area (Å²) in [4.78, 5) is 13.2. The van der Waals surface area contributed by atoms with Gasteiger partial charge in [0.15, 0.2) is 0 Å². The van der Waals surface area contributed by atoms with Crippen LogP contribution < -0.4 is 5.32 Å². The molecule has 1 amide bonds. The summed E-state index contributed by atoms with van der Waals surface area (Å²) >= 11 is 7.53. The number of halogens is 1. The van der Waals surface area contributed by atoms with Gasteiger partial charge in [0, 0.05) is 4.90 Å². The first-order valence-electron chi connectivity index (χ1n) is 5.94. The van der Waals surface area contributed by atoms with E-state index in [1.807, 2.05) is 49.4 Å². The van der Waals surface area contributed by atoms with Crippen LogP contribution >= 0.6 is 23.4 Å². The highest BCUT2D eigenvalue weighted by molar-refractivity contribution is 8.00. The molecule has 19 heavy (non-hydrogen) atoms. The quantitative estimate of drug-likeness (QED) is 0.843. The Morgan fingerprint density at radius 3 is 2.42 bits per heavy atom. The summed E-state index contributed by atoms with van der Waals surface area (Å²) in [7, 11) is 0. The van der Waals surface area contributed by atoms with Crippen LogP contribution in [-0.4, -0.2) is 11.2 Å². The van der Waals surface area contributed by atoms with Gasteiger partial charge in [-0.25, -0.2) is 0 Å². The standard InChI is InChI=1S/C15H14ClNOS/c1-11(19-12-7-3-2-4-8-12)15(18)17-14-10-6-5-9-13(14)16/h2-11H,1H3,(H,17,18)/t11-/m0/s1. The summed E-state index contributed by atoms with van der Waals surface area (Å²) in [6.07, 6.45) is 0. The van der Waals surface area contributed by atoms with Crippen molar-refractivity contribution in [3.63, 3.8) is 0 Å². The lowest BCUT2D eigenvalue weighted by Crippen LogP contribution is -2.22. The molecule has 2 aromatic rings. The maximum Gasteiger partial charge on any atom is 0.237 e. The van der Waals surface area contributed by atoms with Crippen molar-refractivity contribution in [3.8, 4) is 0 Å². The fraction of sp³-hybridized carbons (Fsp3) is 0.133. The molecule has 0 saturated carbocycles. The van der Waals surface area contributed by atoms with Crippen LogP contribution in [0, 0.1) is 0 Å². The number of nitrogens with one attached hydrogen (secondary N) is 1. The number of thioether (sulfide) groups is 1. The zero-order valence-electron chi connectivity index (χ0n) is 10.5. The largest absolute Gasteiger partial charge is 0.324 e. The Morgan fingerprint density at radius 2 is 1.74 bits per heavy atom. The van der Waals surface area contributed by atoms with E-state index in [2.05, 4.69) is 5.32 Å². The molecule has 1 N–H and O–H groups in total. The molecule has 2 aromatic carbocycles. The molecule has 0 aliphatic heterocycles. The molecule has 0 unspecified atom stereocenters. The normalized spacial score (nSPS) is 11.9. The second kappa shape index (κ2) is 6.64. The van der Waals surface area contributed by atoms with E-state index in [-0.39, 0.29) is 11.2 Å². The molecule has 4 heteroatoms. The van der Waals surface area contributed by atoms with E-state index in [1.165, 1.54) is 11.8 Å². The van der Waals surface area contributed by atoms with Gasteiger partial charge in [0.1, 0.15) is 0 Å². The van der Waals surface area contributed by atoms with Crippen molar-refractivity contribution >= 4 is 35.0 Å². The van der Waals surface area contributed by atoms with Crippen LogP contribution in [0.3, 0.4) is 0 Å². The third-order valence-electron chi connectivity index (χ3n) is 2.56. The Labute approximate surface area is 122 Å². The molecule has 1 atom stereocenters. The molecule has 2 rings (SSSR count). The average Bonchev–Trinajstić information content (AvgIpc) is 2.42. The van der Waals surface area contributed by atoms with Crippen LogP contribution in [0.25, 0.3) is 0 Å². The minimum atomic E-state index is -0.182. The second-order valence-corrected chi connectivity index (χ2v) is 5.86. The van der Waals surface area contributed by atoms with Crippen LogP contribution in [0.2, 0.25) is 5.02 Å². The van der Waals surface area contributed by atoms with Crippen molar-refractivity contribution in [3.05, 3.63) is 59.6 Å². The highest BCUT2D eigenvalue weighted by Gasteiger charge is 2.15. The summed E-state index contributed by atoms with van der Waals surface area (Å²) in [6, 6.07) is 17.1. The van der Waals surface area contributed by atoms with Gasteiger partial charge in [-0.3, -0.25) is 4.79 Å². The minimum Gasteiger partial charge on any atom is -0.324 e. The van der Waals surface area contributed by atoms with Gasteiger partial charge in [0.05, 0.1) is 16.0 Å². The molecule has 0 radical (unpaired) electrons. The van der Waals surface area contributed by atoms with Crippen molar-refractivity contribution < 1.29 is 4.79 Å². The van der Waals surface area contributed by atoms with E-state index in [4.69, 9.17) is 11.6 Å². The fourth-order valence-electron chi connectivity index (χ4n) is 1.55. The van der Waals surface area contributed by atoms with E-state index in [0.29, 0.717) is 10.7 Å². The molecule has 98 valence electrons. The highest BCUT2D eigenvalue weighted by atomic mass is 35.5. The lowest BCUT2D eigenvalue weighted by atomic mass is 10.3. The summed E-state index contributed by atoms with van der Waals surface area (Å²) in [5.74, 6) is -0.0537. The van der Waals surface area contributed by atoms with Crippen LogP contribution in [0.1, 0.15) is 6.92 Å². The average molecular weight is 292 g/mol. The fourth-order valence-corrected chi connectivity index (χ4v) is 2.63. The number of benzene rings is 2. The number of amides is 1. The number of hydrogen-bond donors (Lipinski definition) is 1. The molecule has 0 aliphatic rings. The molecule has 0 spiro atoms. The van der Waals surface area contributed by atoms with Gasteiger partial charge in [-0.1, -0.05) is 41.9 Å². The van der Waals surface area contributed by atoms with Crippen molar-refractivity contribution in [2.24, 2.45) is 0 Å². The monoisotopic (exact) mass is 291 g/mol. The molecule has 0 heterocycles.